The van der Waals surface area contributed by atoms with Gasteiger partial charge >= 0.3 is 6.03 Å². The number of carbonyl (C=O) groups excluding carboxylic acids is 1. The van der Waals surface area contributed by atoms with E-state index in [4.69, 9.17) is 11.6 Å². The van der Waals surface area contributed by atoms with Crippen molar-refractivity contribution in [2.24, 2.45) is 0 Å². The molecule has 98 valence electrons. The van der Waals surface area contributed by atoms with Crippen LogP contribution in [0.15, 0.2) is 42.5 Å². The number of carbonyl (C=O) groups is 1. The van der Waals surface area contributed by atoms with E-state index in [1.807, 2.05) is 0 Å². The standard InChI is InChI=1S/C13H11ClN2O3/c14-11-3-1-2-4-12(11)16-13(19)15-8-5-9(17)7-10(18)6-8/h1-7,17-18H,(H2,15,16,19). The van der Waals surface area contributed by atoms with Crippen molar-refractivity contribution in [3.63, 3.8) is 0 Å². The van der Waals surface area contributed by atoms with E-state index in [-0.39, 0.29) is 17.2 Å². The SMILES string of the molecule is O=C(Nc1cc(O)cc(O)c1)Nc1ccccc1Cl. The van der Waals surface area contributed by atoms with Gasteiger partial charge in [0.25, 0.3) is 0 Å². The summed E-state index contributed by atoms with van der Waals surface area (Å²) >= 11 is 5.90. The molecule has 0 radical (unpaired) electrons. The quantitative estimate of drug-likeness (QED) is 0.679. The number of hydrogen-bond acceptors (Lipinski definition) is 3. The van der Waals surface area contributed by atoms with Crippen LogP contribution < -0.4 is 10.6 Å². The van der Waals surface area contributed by atoms with Gasteiger partial charge in [0.1, 0.15) is 11.5 Å². The van der Waals surface area contributed by atoms with Crippen molar-refractivity contribution in [2.75, 3.05) is 10.6 Å². The third kappa shape index (κ3) is 3.53. The Balaban J connectivity index is 2.07. The number of halogens is 1. The topological polar surface area (TPSA) is 81.6 Å². The van der Waals surface area contributed by atoms with E-state index in [0.29, 0.717) is 10.7 Å². The van der Waals surface area contributed by atoms with Crippen molar-refractivity contribution < 1.29 is 15.0 Å². The predicted molar refractivity (Wildman–Crippen MR) is 73.9 cm³/mol. The van der Waals surface area contributed by atoms with E-state index in [9.17, 15) is 15.0 Å². The number of aromatic hydroxyl groups is 2. The fourth-order valence-corrected chi connectivity index (χ4v) is 1.70. The smallest absolute Gasteiger partial charge is 0.323 e. The zero-order valence-corrected chi connectivity index (χ0v) is 10.5. The van der Waals surface area contributed by atoms with Gasteiger partial charge in [-0.2, -0.15) is 0 Å². The van der Waals surface area contributed by atoms with Crippen molar-refractivity contribution in [3.05, 3.63) is 47.5 Å². The van der Waals surface area contributed by atoms with E-state index < -0.39 is 6.03 Å². The number of nitrogens with one attached hydrogen (secondary N) is 2. The van der Waals surface area contributed by atoms with Crippen LogP contribution in [-0.4, -0.2) is 16.2 Å². The number of amides is 2. The maximum absolute atomic E-state index is 11.7. The van der Waals surface area contributed by atoms with Crippen molar-refractivity contribution in [3.8, 4) is 11.5 Å². The first-order valence-electron chi connectivity index (χ1n) is 5.40. The van der Waals surface area contributed by atoms with Crippen LogP contribution in [0.2, 0.25) is 5.02 Å². The summed E-state index contributed by atoms with van der Waals surface area (Å²) in [7, 11) is 0. The van der Waals surface area contributed by atoms with Crippen LogP contribution in [0.1, 0.15) is 0 Å². The Morgan fingerprint density at radius 2 is 1.63 bits per heavy atom. The highest BCUT2D eigenvalue weighted by Crippen LogP contribution is 2.25. The Labute approximate surface area is 114 Å². The maximum atomic E-state index is 11.7. The first-order valence-corrected chi connectivity index (χ1v) is 5.78. The van der Waals surface area contributed by atoms with E-state index >= 15 is 0 Å². The molecule has 6 heteroatoms. The minimum atomic E-state index is -0.530. The van der Waals surface area contributed by atoms with Gasteiger partial charge in [0.15, 0.2) is 0 Å². The molecule has 0 saturated carbocycles. The molecule has 2 amide bonds. The van der Waals surface area contributed by atoms with Crippen LogP contribution in [0.25, 0.3) is 0 Å². The highest BCUT2D eigenvalue weighted by Gasteiger charge is 2.06. The molecule has 0 saturated heterocycles. The zero-order valence-electron chi connectivity index (χ0n) is 9.72. The molecule has 5 nitrogen and oxygen atoms in total. The molecule has 4 N–H and O–H groups in total. The van der Waals surface area contributed by atoms with Crippen LogP contribution in [0, 0.1) is 0 Å². The number of benzene rings is 2. The number of phenols is 2. The fraction of sp³-hybridized carbons (Fsp3) is 0. The average Bonchev–Trinajstić information content (AvgIpc) is 2.30. The Bertz CT molecular complexity index is 596. The van der Waals surface area contributed by atoms with Gasteiger partial charge < -0.3 is 20.8 Å². The van der Waals surface area contributed by atoms with E-state index in [1.165, 1.54) is 12.1 Å². The number of rotatable bonds is 2. The third-order valence-electron chi connectivity index (χ3n) is 2.28. The summed E-state index contributed by atoms with van der Waals surface area (Å²) in [6.07, 6.45) is 0. The van der Waals surface area contributed by atoms with Gasteiger partial charge in [0, 0.05) is 23.9 Å². The average molecular weight is 279 g/mol. The lowest BCUT2D eigenvalue weighted by Crippen LogP contribution is -2.19. The highest BCUT2D eigenvalue weighted by molar-refractivity contribution is 6.33. The Hall–Kier alpha value is -2.40. The summed E-state index contributed by atoms with van der Waals surface area (Å²) < 4.78 is 0. The summed E-state index contributed by atoms with van der Waals surface area (Å²) in [5.41, 5.74) is 0.730. The Kier molecular flexibility index (Phi) is 3.77. The van der Waals surface area contributed by atoms with E-state index in [1.54, 1.807) is 24.3 Å². The van der Waals surface area contributed by atoms with Gasteiger partial charge in [-0.3, -0.25) is 0 Å². The van der Waals surface area contributed by atoms with Crippen LogP contribution in [-0.2, 0) is 0 Å². The molecular formula is C13H11ClN2O3. The molecule has 0 heterocycles. The summed E-state index contributed by atoms with van der Waals surface area (Å²) in [5, 5.41) is 24.0. The van der Waals surface area contributed by atoms with Gasteiger partial charge in [-0.25, -0.2) is 4.79 Å². The first-order chi connectivity index (χ1) is 9.04. The van der Waals surface area contributed by atoms with Crippen molar-refractivity contribution >= 4 is 29.0 Å². The molecule has 0 aromatic heterocycles. The second-order valence-electron chi connectivity index (χ2n) is 3.80. The lowest BCUT2D eigenvalue weighted by atomic mass is 10.3. The van der Waals surface area contributed by atoms with Crippen molar-refractivity contribution in [1.82, 2.24) is 0 Å². The van der Waals surface area contributed by atoms with E-state index in [2.05, 4.69) is 10.6 Å². The number of hydrogen-bond donors (Lipinski definition) is 4. The van der Waals surface area contributed by atoms with E-state index in [0.717, 1.165) is 6.07 Å². The number of urea groups is 1. The molecule has 0 bridgehead atoms. The predicted octanol–water partition coefficient (Wildman–Crippen LogP) is 3.40. The molecule has 0 spiro atoms. The number of phenolic OH excluding ortho intramolecular Hbond substituents is 2. The summed E-state index contributed by atoms with van der Waals surface area (Å²) in [6, 6.07) is 10.0. The molecule has 0 atom stereocenters. The molecule has 2 aromatic rings. The van der Waals surface area contributed by atoms with Gasteiger partial charge in [0.05, 0.1) is 10.7 Å². The van der Waals surface area contributed by atoms with Crippen molar-refractivity contribution in [2.45, 2.75) is 0 Å². The maximum Gasteiger partial charge on any atom is 0.323 e. The monoisotopic (exact) mass is 278 g/mol. The second kappa shape index (κ2) is 5.49. The Morgan fingerprint density at radius 1 is 1.00 bits per heavy atom. The minimum absolute atomic E-state index is 0.145. The van der Waals surface area contributed by atoms with Gasteiger partial charge in [-0.15, -0.1) is 0 Å². The molecule has 0 unspecified atom stereocenters. The largest absolute Gasteiger partial charge is 0.508 e. The second-order valence-corrected chi connectivity index (χ2v) is 4.20. The van der Waals surface area contributed by atoms with Crippen LogP contribution in [0.3, 0.4) is 0 Å². The number of para-hydroxylation sites is 1. The molecule has 0 aliphatic heterocycles. The lowest BCUT2D eigenvalue weighted by molar-refractivity contribution is 0.262. The molecule has 0 aliphatic rings. The summed E-state index contributed by atoms with van der Waals surface area (Å²) in [5.74, 6) is -0.291. The molecular weight excluding hydrogens is 268 g/mol. The zero-order chi connectivity index (χ0) is 13.8. The summed E-state index contributed by atoms with van der Waals surface area (Å²) in [6.45, 7) is 0. The Morgan fingerprint density at radius 3 is 2.26 bits per heavy atom. The third-order valence-corrected chi connectivity index (χ3v) is 2.61. The minimum Gasteiger partial charge on any atom is -0.508 e. The molecule has 2 aromatic carbocycles. The fourth-order valence-electron chi connectivity index (χ4n) is 1.51. The van der Waals surface area contributed by atoms with Gasteiger partial charge in [-0.05, 0) is 12.1 Å². The highest BCUT2D eigenvalue weighted by atomic mass is 35.5. The van der Waals surface area contributed by atoms with Crippen LogP contribution in [0.5, 0.6) is 11.5 Å². The van der Waals surface area contributed by atoms with Crippen LogP contribution >= 0.6 is 11.6 Å². The van der Waals surface area contributed by atoms with Gasteiger partial charge in [-0.1, -0.05) is 23.7 Å². The summed E-state index contributed by atoms with van der Waals surface area (Å²) in [4.78, 5) is 11.7. The van der Waals surface area contributed by atoms with Crippen molar-refractivity contribution in [1.29, 1.82) is 0 Å². The molecule has 0 fully saturated rings. The van der Waals surface area contributed by atoms with Gasteiger partial charge in [0.2, 0.25) is 0 Å². The number of anilines is 2. The molecule has 19 heavy (non-hydrogen) atoms. The molecule has 2 rings (SSSR count). The van der Waals surface area contributed by atoms with Crippen LogP contribution in [0.4, 0.5) is 16.2 Å². The normalized spacial score (nSPS) is 9.95. The first kappa shape index (κ1) is 13.0. The molecule has 0 aliphatic carbocycles. The lowest BCUT2D eigenvalue weighted by Gasteiger charge is -2.09.